The van der Waals surface area contributed by atoms with Crippen molar-refractivity contribution in [3.05, 3.63) is 119 Å². The second-order valence-electron chi connectivity index (χ2n) is 10.6. The van der Waals surface area contributed by atoms with Gasteiger partial charge in [-0.1, -0.05) is 54.6 Å². The van der Waals surface area contributed by atoms with Crippen molar-refractivity contribution in [2.45, 2.75) is 32.4 Å². The second kappa shape index (κ2) is 12.3. The molecule has 6 rings (SSSR count). The molecular weight excluding hydrogens is 536 g/mol. The molecule has 7 heteroatoms. The largest absolute Gasteiger partial charge is 0.497 e. The van der Waals surface area contributed by atoms with Crippen LogP contribution in [0.25, 0.3) is 27.6 Å². The third-order valence-corrected chi connectivity index (χ3v) is 7.98. The summed E-state index contributed by atoms with van der Waals surface area (Å²) in [5, 5.41) is 19.2. The van der Waals surface area contributed by atoms with Gasteiger partial charge in [-0.15, -0.1) is 0 Å². The van der Waals surface area contributed by atoms with Crippen LogP contribution in [-0.2, 0) is 13.1 Å². The Morgan fingerprint density at radius 1 is 0.977 bits per heavy atom. The van der Waals surface area contributed by atoms with Gasteiger partial charge in [0.2, 0.25) is 0 Å². The number of fused-ring (bicyclic) bond motifs is 1. The summed E-state index contributed by atoms with van der Waals surface area (Å²) in [5.74, 6) is 1.14. The van der Waals surface area contributed by atoms with Crippen molar-refractivity contribution in [3.8, 4) is 28.7 Å². The summed E-state index contributed by atoms with van der Waals surface area (Å²) in [6.07, 6.45) is 7.39. The summed E-state index contributed by atoms with van der Waals surface area (Å²) < 4.78 is 12.6. The number of allylic oxidation sites excluding steroid dienone is 2. The monoisotopic (exact) mass is 568 g/mol. The number of carbonyl (C=O) groups is 1. The minimum Gasteiger partial charge on any atom is -0.497 e. The van der Waals surface area contributed by atoms with Gasteiger partial charge in [0.1, 0.15) is 17.6 Å². The first-order valence-electron chi connectivity index (χ1n) is 14.3. The number of methoxy groups -OCH3 is 2. The van der Waals surface area contributed by atoms with Gasteiger partial charge in [0, 0.05) is 17.5 Å². The van der Waals surface area contributed by atoms with Gasteiger partial charge in [-0.25, -0.2) is 0 Å². The van der Waals surface area contributed by atoms with Gasteiger partial charge in [0.05, 0.1) is 43.6 Å². The fourth-order valence-corrected chi connectivity index (χ4v) is 5.73. The summed E-state index contributed by atoms with van der Waals surface area (Å²) in [7, 11) is 3.21. The zero-order chi connectivity index (χ0) is 29.8. The van der Waals surface area contributed by atoms with Crippen molar-refractivity contribution >= 4 is 22.4 Å². The average molecular weight is 569 g/mol. The predicted octanol–water partition coefficient (Wildman–Crippen LogP) is 7.14. The third-order valence-electron chi connectivity index (χ3n) is 7.98. The molecule has 1 amide bonds. The summed E-state index contributed by atoms with van der Waals surface area (Å²) in [6.45, 7) is 0.906. The van der Waals surface area contributed by atoms with Crippen LogP contribution in [0.4, 0.5) is 0 Å². The zero-order valence-electron chi connectivity index (χ0n) is 24.3. The number of hydrogen-bond donors (Lipinski definition) is 1. The molecule has 0 radical (unpaired) electrons. The molecule has 0 atom stereocenters. The molecule has 5 aromatic rings. The number of carbonyl (C=O) groups excluding carboxylic acids is 1. The van der Waals surface area contributed by atoms with Crippen molar-refractivity contribution in [1.29, 1.82) is 5.26 Å². The van der Waals surface area contributed by atoms with E-state index in [1.165, 1.54) is 5.57 Å². The number of nitriles is 1. The predicted molar refractivity (Wildman–Crippen MR) is 168 cm³/mol. The number of aromatic nitrogens is 2. The molecule has 0 unspecified atom stereocenters. The molecule has 0 saturated heterocycles. The highest BCUT2D eigenvalue weighted by atomic mass is 16.5. The molecule has 0 spiro atoms. The lowest BCUT2D eigenvalue weighted by Crippen LogP contribution is -2.23. The van der Waals surface area contributed by atoms with Gasteiger partial charge in [-0.2, -0.15) is 10.4 Å². The number of nitrogens with zero attached hydrogens (tertiary/aromatic N) is 3. The minimum atomic E-state index is -0.196. The molecule has 0 aliphatic heterocycles. The van der Waals surface area contributed by atoms with Crippen LogP contribution in [0, 0.1) is 11.3 Å². The first kappa shape index (κ1) is 27.8. The lowest BCUT2D eigenvalue weighted by molar-refractivity contribution is 0.0948. The van der Waals surface area contributed by atoms with Gasteiger partial charge < -0.3 is 14.8 Å². The van der Waals surface area contributed by atoms with Crippen LogP contribution in [0.1, 0.15) is 51.9 Å². The molecule has 1 aliphatic rings. The molecule has 0 bridgehead atoms. The van der Waals surface area contributed by atoms with E-state index in [0.29, 0.717) is 30.0 Å². The highest BCUT2D eigenvalue weighted by Gasteiger charge is 2.21. The highest BCUT2D eigenvalue weighted by molar-refractivity contribution is 6.00. The van der Waals surface area contributed by atoms with Gasteiger partial charge in [0.25, 0.3) is 5.91 Å². The zero-order valence-corrected chi connectivity index (χ0v) is 24.3. The van der Waals surface area contributed by atoms with E-state index < -0.39 is 0 Å². The molecule has 7 nitrogen and oxygen atoms in total. The highest BCUT2D eigenvalue weighted by Crippen LogP contribution is 2.39. The van der Waals surface area contributed by atoms with Gasteiger partial charge in [0.15, 0.2) is 0 Å². The summed E-state index contributed by atoms with van der Waals surface area (Å²) >= 11 is 0. The molecule has 214 valence electrons. The summed E-state index contributed by atoms with van der Waals surface area (Å²) in [6, 6.07) is 27.7. The van der Waals surface area contributed by atoms with Crippen LogP contribution in [0.5, 0.6) is 11.5 Å². The number of ether oxygens (including phenoxy) is 2. The Kier molecular flexibility index (Phi) is 7.92. The van der Waals surface area contributed by atoms with Crippen LogP contribution in [0.2, 0.25) is 0 Å². The Labute approximate surface area is 251 Å². The van der Waals surface area contributed by atoms with Crippen molar-refractivity contribution in [1.82, 2.24) is 15.1 Å². The molecule has 43 heavy (non-hydrogen) atoms. The fourth-order valence-electron chi connectivity index (χ4n) is 5.73. The van der Waals surface area contributed by atoms with Gasteiger partial charge in [-0.05, 0) is 77.4 Å². The number of para-hydroxylation sites is 1. The van der Waals surface area contributed by atoms with Crippen LogP contribution in [-0.4, -0.2) is 29.9 Å². The van der Waals surface area contributed by atoms with Gasteiger partial charge >= 0.3 is 0 Å². The van der Waals surface area contributed by atoms with Crippen molar-refractivity contribution in [2.24, 2.45) is 0 Å². The molecular formula is C36H32N4O3. The Morgan fingerprint density at radius 2 is 1.74 bits per heavy atom. The molecule has 0 fully saturated rings. The van der Waals surface area contributed by atoms with Crippen molar-refractivity contribution in [3.63, 3.8) is 0 Å². The minimum absolute atomic E-state index is 0.196. The summed E-state index contributed by atoms with van der Waals surface area (Å²) in [4.78, 5) is 12.8. The van der Waals surface area contributed by atoms with E-state index >= 15 is 0 Å². The quantitative estimate of drug-likeness (QED) is 0.204. The topological polar surface area (TPSA) is 89.2 Å². The van der Waals surface area contributed by atoms with Crippen LogP contribution in [0.15, 0.2) is 91.1 Å². The first-order chi connectivity index (χ1) is 21.1. The lowest BCUT2D eigenvalue weighted by Gasteiger charge is -2.14. The van der Waals surface area contributed by atoms with E-state index in [1.807, 2.05) is 71.5 Å². The number of nitrogens with one attached hydrogen (secondary N) is 1. The smallest absolute Gasteiger partial charge is 0.255 e. The number of rotatable bonds is 9. The second-order valence-corrected chi connectivity index (χ2v) is 10.6. The van der Waals surface area contributed by atoms with Crippen molar-refractivity contribution < 1.29 is 14.3 Å². The first-order valence-corrected chi connectivity index (χ1v) is 14.3. The maximum Gasteiger partial charge on any atom is 0.255 e. The number of benzene rings is 4. The van der Waals surface area contributed by atoms with E-state index in [-0.39, 0.29) is 5.91 Å². The molecule has 1 N–H and O–H groups in total. The maximum atomic E-state index is 12.8. The van der Waals surface area contributed by atoms with E-state index in [4.69, 9.17) is 14.6 Å². The van der Waals surface area contributed by atoms with E-state index in [0.717, 1.165) is 63.7 Å². The third kappa shape index (κ3) is 5.60. The van der Waals surface area contributed by atoms with E-state index in [2.05, 4.69) is 23.5 Å². The van der Waals surface area contributed by atoms with Crippen molar-refractivity contribution in [2.75, 3.05) is 14.2 Å². The Morgan fingerprint density at radius 3 is 2.44 bits per heavy atom. The van der Waals surface area contributed by atoms with Crippen LogP contribution >= 0.6 is 0 Å². The SMILES string of the molecule is COc1ccc(Cn2ncc3c(C4=CCCC4)cc(-c4ccc(CNC(=O)c5ccccc5OC)cc4)c(C#N)c32)cc1. The lowest BCUT2D eigenvalue weighted by atomic mass is 9.91. The molecule has 0 saturated carbocycles. The molecule has 1 heterocycles. The average Bonchev–Trinajstić information content (AvgIpc) is 3.75. The Balaban J connectivity index is 1.34. The maximum absolute atomic E-state index is 12.8. The normalized spacial score (nSPS) is 12.5. The molecule has 4 aromatic carbocycles. The number of hydrogen-bond acceptors (Lipinski definition) is 5. The Hall–Kier alpha value is -5.35. The van der Waals surface area contributed by atoms with E-state index in [1.54, 1.807) is 26.4 Å². The summed E-state index contributed by atoms with van der Waals surface area (Å²) in [5.41, 5.74) is 8.21. The number of amides is 1. The molecule has 1 aromatic heterocycles. The van der Waals surface area contributed by atoms with Crippen LogP contribution < -0.4 is 14.8 Å². The standard InChI is InChI=1S/C36H32N4O3/c1-42-28-17-13-25(14-18-28)23-40-35-32(20-37)30(19-31(33(35)22-39-40)26-7-3-4-8-26)27-15-11-24(12-16-27)21-38-36(41)29-9-5-6-10-34(29)43-2/h5-7,9-19,22H,3-4,8,21,23H2,1-2H3,(H,38,41). The van der Waals surface area contributed by atoms with E-state index in [9.17, 15) is 10.1 Å². The Bertz CT molecular complexity index is 1860. The van der Waals surface area contributed by atoms with Crippen LogP contribution in [0.3, 0.4) is 0 Å². The van der Waals surface area contributed by atoms with Gasteiger partial charge in [-0.3, -0.25) is 9.48 Å². The fraction of sp³-hybridized carbons (Fsp3) is 0.194. The molecule has 1 aliphatic carbocycles.